The Bertz CT molecular complexity index is 146. The van der Waals surface area contributed by atoms with Gasteiger partial charge in [-0.15, -0.1) is 0 Å². The maximum Gasteiger partial charge on any atom is -0.0351 e. The molecular weight excluding hydrogens is 204 g/mol. The van der Waals surface area contributed by atoms with Crippen molar-refractivity contribution in [1.29, 1.82) is 0 Å². The summed E-state index contributed by atoms with van der Waals surface area (Å²) in [6.07, 6.45) is 21.8. The second kappa shape index (κ2) is 15.7. The van der Waals surface area contributed by atoms with Crippen LogP contribution in [0, 0.1) is 13.8 Å². The van der Waals surface area contributed by atoms with E-state index in [1.807, 2.05) is 0 Å². The maximum absolute atomic E-state index is 3.87. The Balaban J connectivity index is 2.91. The molecule has 0 aromatic rings. The van der Waals surface area contributed by atoms with E-state index in [0.717, 1.165) is 12.8 Å². The molecule has 0 heterocycles. The summed E-state index contributed by atoms with van der Waals surface area (Å²) in [5.74, 6) is 0. The highest BCUT2D eigenvalue weighted by Crippen LogP contribution is 2.11. The van der Waals surface area contributed by atoms with Gasteiger partial charge in [-0.05, 0) is 26.2 Å². The summed E-state index contributed by atoms with van der Waals surface area (Å²) in [5, 5.41) is 0. The quantitative estimate of drug-likeness (QED) is 0.261. The van der Waals surface area contributed by atoms with Crippen LogP contribution in [-0.4, -0.2) is 0 Å². The van der Waals surface area contributed by atoms with Crippen LogP contribution in [0.2, 0.25) is 0 Å². The van der Waals surface area contributed by atoms with Crippen LogP contribution in [-0.2, 0) is 0 Å². The number of allylic oxidation sites excluding steroid dienone is 2. The minimum Gasteiger partial charge on any atom is -0.0885 e. The predicted octanol–water partition coefficient (Wildman–Crippen LogP) is 6.28. The summed E-state index contributed by atoms with van der Waals surface area (Å²) in [6, 6.07) is 0. The van der Waals surface area contributed by atoms with Gasteiger partial charge in [0.15, 0.2) is 0 Å². The average molecular weight is 236 g/mol. The summed E-state index contributed by atoms with van der Waals surface area (Å²) in [4.78, 5) is 0. The molecular formula is C17H32. The molecule has 0 bridgehead atoms. The largest absolute Gasteiger partial charge is 0.0885 e. The van der Waals surface area contributed by atoms with Gasteiger partial charge < -0.3 is 0 Å². The molecule has 0 aliphatic carbocycles. The molecule has 0 saturated heterocycles. The standard InChI is InChI=1S/C17H32/c1-3-5-7-9-11-13-15-17-16-14-12-10-8-6-4-2/h5,7H,1-4,6,8-17H2/b7-5+. The fourth-order valence-corrected chi connectivity index (χ4v) is 2.09. The van der Waals surface area contributed by atoms with Crippen LogP contribution >= 0.6 is 0 Å². The van der Waals surface area contributed by atoms with Crippen molar-refractivity contribution in [2.24, 2.45) is 0 Å². The van der Waals surface area contributed by atoms with Gasteiger partial charge in [0, 0.05) is 0 Å². The van der Waals surface area contributed by atoms with Crippen molar-refractivity contribution in [1.82, 2.24) is 0 Å². The third-order valence-electron chi connectivity index (χ3n) is 3.20. The molecule has 0 nitrogen and oxygen atoms in total. The lowest BCUT2D eigenvalue weighted by Gasteiger charge is -2.01. The van der Waals surface area contributed by atoms with Crippen LogP contribution in [0.4, 0.5) is 0 Å². The molecule has 0 saturated carbocycles. The van der Waals surface area contributed by atoms with Crippen molar-refractivity contribution in [3.05, 3.63) is 26.0 Å². The van der Waals surface area contributed by atoms with E-state index in [1.165, 1.54) is 70.6 Å². The monoisotopic (exact) mass is 236 g/mol. The van der Waals surface area contributed by atoms with Crippen LogP contribution in [0.1, 0.15) is 83.5 Å². The average Bonchev–Trinajstić information content (AvgIpc) is 2.35. The van der Waals surface area contributed by atoms with Gasteiger partial charge in [-0.1, -0.05) is 83.3 Å². The van der Waals surface area contributed by atoms with Gasteiger partial charge in [-0.2, -0.15) is 0 Å². The van der Waals surface area contributed by atoms with E-state index in [1.54, 1.807) is 0 Å². The summed E-state index contributed by atoms with van der Waals surface area (Å²) < 4.78 is 0. The molecule has 0 aromatic carbocycles. The number of rotatable bonds is 13. The summed E-state index contributed by atoms with van der Waals surface area (Å²) in [7, 11) is 0. The zero-order chi connectivity index (χ0) is 12.6. The first-order chi connectivity index (χ1) is 8.41. The molecule has 0 unspecified atom stereocenters. The molecule has 0 fully saturated rings. The Morgan fingerprint density at radius 1 is 0.529 bits per heavy atom. The van der Waals surface area contributed by atoms with Gasteiger partial charge in [0.1, 0.15) is 0 Å². The zero-order valence-electron chi connectivity index (χ0n) is 11.8. The molecule has 0 spiro atoms. The highest BCUT2D eigenvalue weighted by molar-refractivity contribution is 4.81. The van der Waals surface area contributed by atoms with Crippen molar-refractivity contribution in [3.63, 3.8) is 0 Å². The first-order valence-electron chi connectivity index (χ1n) is 7.65. The first kappa shape index (κ1) is 16.7. The second-order valence-electron chi connectivity index (χ2n) is 4.94. The summed E-state index contributed by atoms with van der Waals surface area (Å²) in [5.41, 5.74) is 0. The minimum atomic E-state index is 0.939. The number of hydrogen-bond acceptors (Lipinski definition) is 0. The first-order valence-corrected chi connectivity index (χ1v) is 7.65. The van der Waals surface area contributed by atoms with Crippen LogP contribution in [0.3, 0.4) is 0 Å². The predicted molar refractivity (Wildman–Crippen MR) is 79.9 cm³/mol. The van der Waals surface area contributed by atoms with E-state index in [2.05, 4.69) is 26.0 Å². The van der Waals surface area contributed by atoms with Gasteiger partial charge in [-0.25, -0.2) is 0 Å². The Kier molecular flexibility index (Phi) is 15.5. The topological polar surface area (TPSA) is 0 Å². The molecule has 0 rings (SSSR count). The Morgan fingerprint density at radius 3 is 1.47 bits per heavy atom. The third-order valence-corrected chi connectivity index (χ3v) is 3.20. The molecule has 0 atom stereocenters. The fourth-order valence-electron chi connectivity index (χ4n) is 2.09. The van der Waals surface area contributed by atoms with E-state index in [4.69, 9.17) is 0 Å². The molecule has 17 heavy (non-hydrogen) atoms. The molecule has 0 aromatic heterocycles. The summed E-state index contributed by atoms with van der Waals surface area (Å²) >= 11 is 0. The van der Waals surface area contributed by atoms with E-state index >= 15 is 0 Å². The Labute approximate surface area is 110 Å². The van der Waals surface area contributed by atoms with Crippen LogP contribution in [0.15, 0.2) is 12.2 Å². The van der Waals surface area contributed by atoms with Crippen molar-refractivity contribution < 1.29 is 0 Å². The lowest BCUT2D eigenvalue weighted by Crippen LogP contribution is -1.81. The van der Waals surface area contributed by atoms with Gasteiger partial charge in [0.05, 0.1) is 0 Å². The molecule has 0 N–H and O–H groups in total. The Morgan fingerprint density at radius 2 is 1.00 bits per heavy atom. The molecule has 100 valence electrons. The highest BCUT2D eigenvalue weighted by atomic mass is 14.0. The lowest BCUT2D eigenvalue weighted by molar-refractivity contribution is 0.553. The van der Waals surface area contributed by atoms with Gasteiger partial charge in [0.25, 0.3) is 0 Å². The van der Waals surface area contributed by atoms with Crippen molar-refractivity contribution in [2.75, 3.05) is 0 Å². The summed E-state index contributed by atoms with van der Waals surface area (Å²) in [6.45, 7) is 7.66. The van der Waals surface area contributed by atoms with Crippen LogP contribution in [0.25, 0.3) is 0 Å². The van der Waals surface area contributed by atoms with E-state index in [0.29, 0.717) is 0 Å². The van der Waals surface area contributed by atoms with Crippen LogP contribution < -0.4 is 0 Å². The second-order valence-corrected chi connectivity index (χ2v) is 4.94. The molecule has 0 aliphatic rings. The SMILES string of the molecule is [CH2]C/C=C/CCCCCCCCCCCC[CH2]. The number of unbranched alkanes of at least 4 members (excludes halogenated alkanes) is 11. The lowest BCUT2D eigenvalue weighted by atomic mass is 10.1. The normalized spacial score (nSPS) is 11.4. The fraction of sp³-hybridized carbons (Fsp3) is 0.765. The molecule has 0 amide bonds. The van der Waals surface area contributed by atoms with Crippen molar-refractivity contribution in [2.45, 2.75) is 83.5 Å². The Hall–Kier alpha value is -0.260. The smallest absolute Gasteiger partial charge is 0.0351 e. The molecule has 2 radical (unpaired) electrons. The minimum absolute atomic E-state index is 0.939. The van der Waals surface area contributed by atoms with Crippen molar-refractivity contribution >= 4 is 0 Å². The van der Waals surface area contributed by atoms with E-state index in [-0.39, 0.29) is 0 Å². The van der Waals surface area contributed by atoms with Crippen molar-refractivity contribution in [3.8, 4) is 0 Å². The highest BCUT2D eigenvalue weighted by Gasteiger charge is 1.92. The van der Waals surface area contributed by atoms with E-state index in [9.17, 15) is 0 Å². The van der Waals surface area contributed by atoms with Crippen LogP contribution in [0.5, 0.6) is 0 Å². The zero-order valence-corrected chi connectivity index (χ0v) is 11.8. The van der Waals surface area contributed by atoms with Gasteiger partial charge >= 0.3 is 0 Å². The maximum atomic E-state index is 3.87. The van der Waals surface area contributed by atoms with Gasteiger partial charge in [-0.3, -0.25) is 0 Å². The third kappa shape index (κ3) is 15.7. The molecule has 0 heteroatoms. The number of hydrogen-bond donors (Lipinski definition) is 0. The van der Waals surface area contributed by atoms with Gasteiger partial charge in [0.2, 0.25) is 0 Å². The molecule has 0 aliphatic heterocycles. The van der Waals surface area contributed by atoms with E-state index < -0.39 is 0 Å².